The lowest BCUT2D eigenvalue weighted by Crippen LogP contribution is -2.26. The van der Waals surface area contributed by atoms with E-state index in [1.54, 1.807) is 0 Å². The summed E-state index contributed by atoms with van der Waals surface area (Å²) >= 11 is 0. The zero-order chi connectivity index (χ0) is 19.4. The third kappa shape index (κ3) is 2.21. The van der Waals surface area contributed by atoms with Crippen molar-refractivity contribution in [3.8, 4) is 22.4 Å². The average molecular weight is 391 g/mol. The molecule has 0 spiro atoms. The van der Waals surface area contributed by atoms with Gasteiger partial charge in [0.25, 0.3) is 0 Å². The Morgan fingerprint density at radius 1 is 0.586 bits per heavy atom. The van der Waals surface area contributed by atoms with Crippen LogP contribution in [-0.2, 0) is 4.57 Å². The lowest BCUT2D eigenvalue weighted by Gasteiger charge is -2.22. The van der Waals surface area contributed by atoms with Crippen molar-refractivity contribution in [2.24, 2.45) is 0 Å². The molecule has 0 amide bonds. The van der Waals surface area contributed by atoms with E-state index in [0.717, 1.165) is 49.2 Å². The smallest absolute Gasteiger partial charge is 0.172 e. The van der Waals surface area contributed by atoms with Crippen LogP contribution in [0, 0.1) is 0 Å². The highest BCUT2D eigenvalue weighted by Gasteiger charge is 2.38. The third-order valence-corrected chi connectivity index (χ3v) is 9.01. The zero-order valence-electron chi connectivity index (χ0n) is 15.7. The highest BCUT2D eigenvalue weighted by atomic mass is 31.2. The van der Waals surface area contributed by atoms with Crippen molar-refractivity contribution in [3.05, 3.63) is 103 Å². The van der Waals surface area contributed by atoms with Crippen LogP contribution in [0.4, 0.5) is 0 Å². The van der Waals surface area contributed by atoms with E-state index in [1.165, 1.54) is 0 Å². The van der Waals surface area contributed by atoms with Crippen LogP contribution in [0.15, 0.2) is 103 Å². The van der Waals surface area contributed by atoms with E-state index in [9.17, 15) is 4.57 Å². The van der Waals surface area contributed by atoms with Crippen molar-refractivity contribution in [2.75, 3.05) is 0 Å². The Morgan fingerprint density at radius 2 is 1.17 bits per heavy atom. The highest BCUT2D eigenvalue weighted by molar-refractivity contribution is 7.85. The van der Waals surface area contributed by atoms with Gasteiger partial charge in [-0.15, -0.1) is 0 Å². The molecule has 1 atom stereocenters. The van der Waals surface area contributed by atoms with Crippen LogP contribution in [0.2, 0.25) is 0 Å². The van der Waals surface area contributed by atoms with Gasteiger partial charge >= 0.3 is 0 Å². The Balaban J connectivity index is 1.85. The zero-order valence-corrected chi connectivity index (χ0v) is 16.6. The summed E-state index contributed by atoms with van der Waals surface area (Å²) in [5.74, 6) is 0. The van der Waals surface area contributed by atoms with Crippen LogP contribution in [0.3, 0.4) is 0 Å². The maximum absolute atomic E-state index is 15.0. The lowest BCUT2D eigenvalue weighted by atomic mass is 9.98. The first-order chi connectivity index (χ1) is 14.3. The molecule has 1 N–H and O–H groups in total. The predicted octanol–water partition coefficient (Wildman–Crippen LogP) is 5.45. The quantitative estimate of drug-likeness (QED) is 0.371. The Hall–Kier alpha value is -3.35. The molecule has 2 nitrogen and oxygen atoms in total. The Morgan fingerprint density at radius 3 is 1.97 bits per heavy atom. The molecule has 29 heavy (non-hydrogen) atoms. The van der Waals surface area contributed by atoms with Gasteiger partial charge in [-0.1, -0.05) is 97.1 Å². The fourth-order valence-corrected chi connectivity index (χ4v) is 7.64. The highest BCUT2D eigenvalue weighted by Crippen LogP contribution is 2.52. The molecule has 1 unspecified atom stereocenters. The SMILES string of the molecule is O=P1(c2ccccc2)c2ccccc2-c2[nH]c3ccccc3c2-c2ccccc21. The van der Waals surface area contributed by atoms with Gasteiger partial charge in [-0.25, -0.2) is 0 Å². The molecular formula is C26H18NOP. The first-order valence-corrected chi connectivity index (χ1v) is 11.5. The number of hydrogen-bond donors (Lipinski definition) is 1. The van der Waals surface area contributed by atoms with Gasteiger partial charge in [0.2, 0.25) is 0 Å². The second-order valence-electron chi connectivity index (χ2n) is 7.40. The minimum atomic E-state index is -3.04. The third-order valence-electron chi connectivity index (χ3n) is 5.85. The molecule has 1 aliphatic rings. The summed E-state index contributed by atoms with van der Waals surface area (Å²) in [6.07, 6.45) is 0. The summed E-state index contributed by atoms with van der Waals surface area (Å²) in [5.41, 5.74) is 5.34. The molecule has 0 bridgehead atoms. The van der Waals surface area contributed by atoms with Crippen molar-refractivity contribution in [2.45, 2.75) is 0 Å². The van der Waals surface area contributed by atoms with Gasteiger partial charge < -0.3 is 9.55 Å². The summed E-state index contributed by atoms with van der Waals surface area (Å²) in [6, 6.07) is 34.6. The van der Waals surface area contributed by atoms with Gasteiger partial charge in [-0.3, -0.25) is 0 Å². The normalized spacial score (nSPS) is 17.2. The van der Waals surface area contributed by atoms with E-state index in [4.69, 9.17) is 0 Å². The van der Waals surface area contributed by atoms with E-state index in [2.05, 4.69) is 35.3 Å². The molecular weight excluding hydrogens is 373 g/mol. The predicted molar refractivity (Wildman–Crippen MR) is 122 cm³/mol. The fraction of sp³-hybridized carbons (Fsp3) is 0. The number of aromatic amines is 1. The molecule has 138 valence electrons. The molecule has 4 aromatic carbocycles. The molecule has 0 fully saturated rings. The van der Waals surface area contributed by atoms with Gasteiger partial charge in [0.05, 0.1) is 5.69 Å². The van der Waals surface area contributed by atoms with Crippen molar-refractivity contribution >= 4 is 34.0 Å². The standard InChI is InChI=1S/C26H18NOP/c28-29(18-10-2-1-3-11-18)23-16-8-5-13-20(23)25-19-12-4-7-15-22(19)27-26(25)21-14-6-9-17-24(21)29/h1-17,27H. The van der Waals surface area contributed by atoms with Gasteiger partial charge in [0.15, 0.2) is 7.14 Å². The van der Waals surface area contributed by atoms with Crippen molar-refractivity contribution < 1.29 is 4.57 Å². The Labute approximate surface area is 169 Å². The fourth-order valence-electron chi connectivity index (χ4n) is 4.59. The average Bonchev–Trinajstić information content (AvgIpc) is 3.15. The van der Waals surface area contributed by atoms with Gasteiger partial charge in [-0.2, -0.15) is 0 Å². The monoisotopic (exact) mass is 391 g/mol. The minimum Gasteiger partial charge on any atom is -0.354 e. The molecule has 3 heteroatoms. The van der Waals surface area contributed by atoms with Crippen LogP contribution in [0.1, 0.15) is 0 Å². The lowest BCUT2D eigenvalue weighted by molar-refractivity contribution is 0.592. The van der Waals surface area contributed by atoms with Crippen LogP contribution in [0.5, 0.6) is 0 Å². The van der Waals surface area contributed by atoms with E-state index >= 15 is 0 Å². The molecule has 0 saturated heterocycles. The van der Waals surface area contributed by atoms with Crippen molar-refractivity contribution in [1.82, 2.24) is 4.98 Å². The second-order valence-corrected chi connectivity index (χ2v) is 10.1. The molecule has 6 rings (SSSR count). The number of para-hydroxylation sites is 1. The van der Waals surface area contributed by atoms with Gasteiger partial charge in [0.1, 0.15) is 0 Å². The number of hydrogen-bond acceptors (Lipinski definition) is 1. The summed E-state index contributed by atoms with van der Waals surface area (Å²) in [7, 11) is -3.04. The molecule has 0 radical (unpaired) electrons. The second kappa shape index (κ2) is 6.07. The van der Waals surface area contributed by atoms with Gasteiger partial charge in [0, 0.05) is 37.9 Å². The van der Waals surface area contributed by atoms with Crippen LogP contribution < -0.4 is 15.9 Å². The number of fused-ring (bicyclic) bond motifs is 7. The molecule has 0 aliphatic carbocycles. The summed E-state index contributed by atoms with van der Waals surface area (Å²) in [4.78, 5) is 3.62. The maximum Gasteiger partial charge on any atom is 0.172 e. The largest absolute Gasteiger partial charge is 0.354 e. The topological polar surface area (TPSA) is 32.9 Å². The summed E-state index contributed by atoms with van der Waals surface area (Å²) in [5, 5.41) is 3.83. The van der Waals surface area contributed by atoms with E-state index in [0.29, 0.717) is 0 Å². The van der Waals surface area contributed by atoms with Crippen LogP contribution >= 0.6 is 7.14 Å². The molecule has 0 saturated carbocycles. The van der Waals surface area contributed by atoms with Gasteiger partial charge in [-0.05, 0) is 11.6 Å². The van der Waals surface area contributed by atoms with Crippen molar-refractivity contribution in [1.29, 1.82) is 0 Å². The first kappa shape index (κ1) is 16.6. The van der Waals surface area contributed by atoms with Crippen molar-refractivity contribution in [3.63, 3.8) is 0 Å². The van der Waals surface area contributed by atoms with E-state index in [1.807, 2.05) is 72.8 Å². The number of benzene rings is 4. The number of aromatic nitrogens is 1. The van der Waals surface area contributed by atoms with E-state index < -0.39 is 7.14 Å². The van der Waals surface area contributed by atoms with Crippen LogP contribution in [-0.4, -0.2) is 4.98 Å². The molecule has 5 aromatic rings. The minimum absolute atomic E-state index is 0.870. The van der Waals surface area contributed by atoms with Crippen LogP contribution in [0.25, 0.3) is 33.3 Å². The number of rotatable bonds is 1. The maximum atomic E-state index is 15.0. The molecule has 1 aromatic heterocycles. The number of H-pyrrole nitrogens is 1. The van der Waals surface area contributed by atoms with E-state index in [-0.39, 0.29) is 0 Å². The summed E-state index contributed by atoms with van der Waals surface area (Å²) in [6.45, 7) is 0. The Bertz CT molecular complexity index is 1430. The molecule has 1 aliphatic heterocycles. The molecule has 2 heterocycles. The first-order valence-electron chi connectivity index (χ1n) is 9.75. The number of nitrogens with one attached hydrogen (secondary N) is 1. The Kier molecular flexibility index (Phi) is 3.47. The summed E-state index contributed by atoms with van der Waals surface area (Å²) < 4.78 is 15.0.